The Bertz CT molecular complexity index is 313. The molecule has 1 N–H and O–H groups in total. The Kier molecular flexibility index (Phi) is 3.96. The van der Waals surface area contributed by atoms with Crippen LogP contribution in [0.4, 0.5) is 4.79 Å². The summed E-state index contributed by atoms with van der Waals surface area (Å²) in [5, 5.41) is 3.30. The first-order valence-corrected chi connectivity index (χ1v) is 8.01. The molecule has 3 aliphatic rings. The average Bonchev–Trinajstić information content (AvgIpc) is 2.41. The molecule has 4 nitrogen and oxygen atoms in total. The quantitative estimate of drug-likeness (QED) is 0.789. The summed E-state index contributed by atoms with van der Waals surface area (Å²) in [5.74, 6) is 0. The second kappa shape index (κ2) is 5.70. The molecule has 0 radical (unpaired) electrons. The Hall–Kier alpha value is -0.770. The van der Waals surface area contributed by atoms with Crippen LogP contribution in [0.1, 0.15) is 51.4 Å². The topological polar surface area (TPSA) is 35.6 Å². The van der Waals surface area contributed by atoms with Gasteiger partial charge in [-0.15, -0.1) is 0 Å². The number of rotatable bonds is 1. The van der Waals surface area contributed by atoms with Gasteiger partial charge in [0.15, 0.2) is 0 Å². The first-order chi connectivity index (χ1) is 9.24. The molecular weight excluding hydrogens is 238 g/mol. The van der Waals surface area contributed by atoms with Crippen LogP contribution in [-0.2, 0) is 0 Å². The lowest BCUT2D eigenvalue weighted by Gasteiger charge is -2.47. The fourth-order valence-electron chi connectivity index (χ4n) is 4.10. The summed E-state index contributed by atoms with van der Waals surface area (Å²) >= 11 is 0. The number of carbonyl (C=O) groups is 1. The lowest BCUT2D eigenvalue weighted by molar-refractivity contribution is 0.0491. The van der Waals surface area contributed by atoms with Crippen LogP contribution in [0.3, 0.4) is 0 Å². The molecule has 108 valence electrons. The molecule has 3 heterocycles. The Morgan fingerprint density at radius 1 is 1.00 bits per heavy atom. The van der Waals surface area contributed by atoms with Gasteiger partial charge in [-0.1, -0.05) is 6.42 Å². The summed E-state index contributed by atoms with van der Waals surface area (Å²) in [6, 6.07) is 1.98. The average molecular weight is 265 g/mol. The third kappa shape index (κ3) is 2.88. The van der Waals surface area contributed by atoms with Gasteiger partial charge in [-0.3, -0.25) is 0 Å². The summed E-state index contributed by atoms with van der Waals surface area (Å²) in [6.07, 6.45) is 9.90. The highest BCUT2D eigenvalue weighted by atomic mass is 16.2. The zero-order valence-electron chi connectivity index (χ0n) is 12.1. The van der Waals surface area contributed by atoms with Gasteiger partial charge in [0, 0.05) is 31.2 Å². The maximum absolute atomic E-state index is 12.3. The minimum atomic E-state index is 0.187. The number of amides is 2. The molecule has 3 rings (SSSR count). The summed E-state index contributed by atoms with van der Waals surface area (Å²) in [4.78, 5) is 16.8. The van der Waals surface area contributed by atoms with Crippen molar-refractivity contribution in [2.45, 2.75) is 69.5 Å². The van der Waals surface area contributed by atoms with Crippen LogP contribution in [0.2, 0.25) is 0 Å². The van der Waals surface area contributed by atoms with E-state index >= 15 is 0 Å². The van der Waals surface area contributed by atoms with Crippen LogP contribution in [0.15, 0.2) is 0 Å². The highest BCUT2D eigenvalue weighted by Crippen LogP contribution is 2.32. The molecule has 2 unspecified atom stereocenters. The van der Waals surface area contributed by atoms with Gasteiger partial charge >= 0.3 is 6.03 Å². The zero-order valence-corrected chi connectivity index (χ0v) is 12.1. The number of fused-ring (bicyclic) bond motifs is 2. The van der Waals surface area contributed by atoms with Crippen molar-refractivity contribution in [1.29, 1.82) is 0 Å². The highest BCUT2D eigenvalue weighted by Gasteiger charge is 2.36. The standard InChI is InChI=1S/C15H27N3O/c1-17-13-6-5-7-14(17)11-12(10-13)16-15(19)18-8-3-2-4-9-18/h12-14H,2-11H2,1H3,(H,16,19). The van der Waals surface area contributed by atoms with Gasteiger partial charge in [-0.2, -0.15) is 0 Å². The zero-order chi connectivity index (χ0) is 13.2. The molecule has 3 saturated heterocycles. The van der Waals surface area contributed by atoms with E-state index in [1.165, 1.54) is 38.5 Å². The lowest BCUT2D eigenvalue weighted by Crippen LogP contribution is -2.57. The van der Waals surface area contributed by atoms with Crippen LogP contribution in [0, 0.1) is 0 Å². The molecule has 0 aliphatic carbocycles. The van der Waals surface area contributed by atoms with E-state index in [4.69, 9.17) is 0 Å². The molecular formula is C15H27N3O. The minimum absolute atomic E-state index is 0.187. The number of piperidine rings is 3. The van der Waals surface area contributed by atoms with E-state index < -0.39 is 0 Å². The monoisotopic (exact) mass is 265 g/mol. The largest absolute Gasteiger partial charge is 0.335 e. The second-order valence-electron chi connectivity index (χ2n) is 6.57. The van der Waals surface area contributed by atoms with E-state index in [0.29, 0.717) is 18.1 Å². The summed E-state index contributed by atoms with van der Waals surface area (Å²) in [5.41, 5.74) is 0. The molecule has 0 aromatic rings. The van der Waals surface area contributed by atoms with Gasteiger partial charge in [0.1, 0.15) is 0 Å². The summed E-state index contributed by atoms with van der Waals surface area (Å²) < 4.78 is 0. The highest BCUT2D eigenvalue weighted by molar-refractivity contribution is 5.74. The number of likely N-dealkylation sites (tertiary alicyclic amines) is 1. The molecule has 3 aliphatic heterocycles. The Balaban J connectivity index is 1.54. The molecule has 2 bridgehead atoms. The van der Waals surface area contributed by atoms with E-state index in [2.05, 4.69) is 17.3 Å². The molecule has 3 fully saturated rings. The molecule has 2 amide bonds. The molecule has 0 spiro atoms. The van der Waals surface area contributed by atoms with Crippen molar-refractivity contribution in [1.82, 2.24) is 15.1 Å². The van der Waals surface area contributed by atoms with Gasteiger partial charge < -0.3 is 15.1 Å². The van der Waals surface area contributed by atoms with E-state index in [1.807, 2.05) is 4.90 Å². The minimum Gasteiger partial charge on any atom is -0.335 e. The third-order valence-corrected chi connectivity index (χ3v) is 5.31. The maximum atomic E-state index is 12.3. The van der Waals surface area contributed by atoms with Gasteiger partial charge in [-0.25, -0.2) is 4.79 Å². The van der Waals surface area contributed by atoms with Gasteiger partial charge in [0.2, 0.25) is 0 Å². The molecule has 4 heteroatoms. The number of urea groups is 1. The number of nitrogens with zero attached hydrogens (tertiary/aromatic N) is 2. The molecule has 0 saturated carbocycles. The molecule has 0 aromatic heterocycles. The SMILES string of the molecule is CN1C2CCCC1CC(NC(=O)N1CCCCC1)C2. The number of hydrogen-bond donors (Lipinski definition) is 1. The van der Waals surface area contributed by atoms with Crippen molar-refractivity contribution in [3.63, 3.8) is 0 Å². The first-order valence-electron chi connectivity index (χ1n) is 8.01. The Labute approximate surface area is 116 Å². The third-order valence-electron chi connectivity index (χ3n) is 5.31. The van der Waals surface area contributed by atoms with E-state index in [-0.39, 0.29) is 6.03 Å². The van der Waals surface area contributed by atoms with Gasteiger partial charge in [0.25, 0.3) is 0 Å². The molecule has 19 heavy (non-hydrogen) atoms. The first kappa shape index (κ1) is 13.2. The van der Waals surface area contributed by atoms with Crippen molar-refractivity contribution >= 4 is 6.03 Å². The fourth-order valence-corrected chi connectivity index (χ4v) is 4.10. The smallest absolute Gasteiger partial charge is 0.317 e. The van der Waals surface area contributed by atoms with Crippen LogP contribution >= 0.6 is 0 Å². The van der Waals surface area contributed by atoms with Crippen molar-refractivity contribution in [2.24, 2.45) is 0 Å². The van der Waals surface area contributed by atoms with E-state index in [0.717, 1.165) is 25.9 Å². The predicted molar refractivity (Wildman–Crippen MR) is 76.2 cm³/mol. The van der Waals surface area contributed by atoms with E-state index in [1.54, 1.807) is 0 Å². The number of hydrogen-bond acceptors (Lipinski definition) is 2. The molecule has 0 aromatic carbocycles. The van der Waals surface area contributed by atoms with Crippen LogP contribution in [0.5, 0.6) is 0 Å². The van der Waals surface area contributed by atoms with Crippen LogP contribution in [0.25, 0.3) is 0 Å². The van der Waals surface area contributed by atoms with Crippen LogP contribution < -0.4 is 5.32 Å². The Morgan fingerprint density at radius 3 is 2.26 bits per heavy atom. The van der Waals surface area contributed by atoms with Crippen molar-refractivity contribution in [3.8, 4) is 0 Å². The maximum Gasteiger partial charge on any atom is 0.317 e. The van der Waals surface area contributed by atoms with Crippen molar-refractivity contribution in [2.75, 3.05) is 20.1 Å². The van der Waals surface area contributed by atoms with Gasteiger partial charge in [-0.05, 0) is 52.0 Å². The number of carbonyl (C=O) groups excluding carboxylic acids is 1. The van der Waals surface area contributed by atoms with Gasteiger partial charge in [0.05, 0.1) is 0 Å². The lowest BCUT2D eigenvalue weighted by atomic mass is 9.82. The number of nitrogens with one attached hydrogen (secondary N) is 1. The normalized spacial score (nSPS) is 36.1. The summed E-state index contributed by atoms with van der Waals surface area (Å²) in [7, 11) is 2.26. The second-order valence-corrected chi connectivity index (χ2v) is 6.57. The van der Waals surface area contributed by atoms with Crippen molar-refractivity contribution < 1.29 is 4.79 Å². The predicted octanol–water partition coefficient (Wildman–Crippen LogP) is 2.20. The van der Waals surface area contributed by atoms with Crippen LogP contribution in [-0.4, -0.2) is 54.1 Å². The van der Waals surface area contributed by atoms with E-state index in [9.17, 15) is 4.79 Å². The van der Waals surface area contributed by atoms with Crippen molar-refractivity contribution in [3.05, 3.63) is 0 Å². The fraction of sp³-hybridized carbons (Fsp3) is 0.933. The summed E-state index contributed by atoms with van der Waals surface area (Å²) in [6.45, 7) is 1.90. The Morgan fingerprint density at radius 2 is 1.63 bits per heavy atom. The molecule has 2 atom stereocenters.